The molecule has 2 heterocycles. The van der Waals surface area contributed by atoms with Crippen LogP contribution in [0.25, 0.3) is 0 Å². The van der Waals surface area contributed by atoms with Gasteiger partial charge in [0.15, 0.2) is 17.2 Å². The third kappa shape index (κ3) is 3.20. The van der Waals surface area contributed by atoms with Crippen molar-refractivity contribution in [3.63, 3.8) is 0 Å². The monoisotopic (exact) mass is 426 g/mol. The van der Waals surface area contributed by atoms with E-state index in [4.69, 9.17) is 4.74 Å². The highest BCUT2D eigenvalue weighted by atomic mass is 32.2. The molecule has 8 heteroatoms. The lowest BCUT2D eigenvalue weighted by atomic mass is 9.85. The van der Waals surface area contributed by atoms with Gasteiger partial charge in [0.2, 0.25) is 5.91 Å². The van der Waals surface area contributed by atoms with Crippen LogP contribution in [0.4, 0.5) is 4.39 Å². The van der Waals surface area contributed by atoms with Gasteiger partial charge in [-0.15, -0.1) is 11.8 Å². The number of thioether (sulfide) groups is 1. The Hall–Kier alpha value is -3.02. The molecule has 0 bridgehead atoms. The van der Waals surface area contributed by atoms with E-state index in [0.29, 0.717) is 28.3 Å². The van der Waals surface area contributed by atoms with Crippen molar-refractivity contribution in [1.82, 2.24) is 4.90 Å². The number of allylic oxidation sites excluding steroid dienone is 1. The number of rotatable bonds is 4. The van der Waals surface area contributed by atoms with Crippen LogP contribution < -0.4 is 4.74 Å². The molecule has 1 saturated heterocycles. The summed E-state index contributed by atoms with van der Waals surface area (Å²) in [5.41, 5.74) is -0.223. The van der Waals surface area contributed by atoms with E-state index in [1.165, 1.54) is 47.0 Å². The predicted molar refractivity (Wildman–Crippen MR) is 109 cm³/mol. The first-order valence-electron chi connectivity index (χ1n) is 9.43. The molecule has 0 saturated carbocycles. The van der Waals surface area contributed by atoms with E-state index < -0.39 is 17.5 Å². The number of aliphatic hydroxyl groups is 1. The van der Waals surface area contributed by atoms with Crippen molar-refractivity contribution in [2.24, 2.45) is 0 Å². The zero-order valence-electron chi connectivity index (χ0n) is 16.1. The molecule has 154 valence electrons. The smallest absolute Gasteiger partial charge is 0.231 e. The van der Waals surface area contributed by atoms with Gasteiger partial charge in [-0.05, 0) is 36.8 Å². The van der Waals surface area contributed by atoms with Crippen LogP contribution in [0.2, 0.25) is 0 Å². The second kappa shape index (κ2) is 7.67. The molecule has 6 nitrogen and oxygen atoms in total. The van der Waals surface area contributed by atoms with Crippen molar-refractivity contribution in [3.8, 4) is 17.6 Å². The van der Waals surface area contributed by atoms with Gasteiger partial charge < -0.3 is 14.9 Å². The third-order valence-electron chi connectivity index (χ3n) is 5.30. The Morgan fingerprint density at radius 1 is 1.33 bits per heavy atom. The number of ether oxygens (including phenoxy) is 1. The van der Waals surface area contributed by atoms with E-state index in [2.05, 4.69) is 6.07 Å². The van der Waals surface area contributed by atoms with Crippen LogP contribution in [0.5, 0.6) is 11.5 Å². The van der Waals surface area contributed by atoms with Crippen molar-refractivity contribution in [1.29, 1.82) is 5.26 Å². The largest absolute Gasteiger partial charge is 0.504 e. The molecule has 0 unspecified atom stereocenters. The number of carbonyl (C=O) groups is 1. The second-order valence-corrected chi connectivity index (χ2v) is 8.05. The van der Waals surface area contributed by atoms with E-state index in [9.17, 15) is 24.7 Å². The number of fused-ring (bicyclic) bond motifs is 1. The summed E-state index contributed by atoms with van der Waals surface area (Å²) in [6.45, 7) is 2.16. The van der Waals surface area contributed by atoms with Gasteiger partial charge in [-0.3, -0.25) is 9.69 Å². The zero-order valence-corrected chi connectivity index (χ0v) is 16.9. The van der Waals surface area contributed by atoms with E-state index >= 15 is 0 Å². The molecule has 2 aromatic carbocycles. The lowest BCUT2D eigenvalue weighted by Crippen LogP contribution is -2.48. The van der Waals surface area contributed by atoms with E-state index in [-0.39, 0.29) is 29.6 Å². The average molecular weight is 426 g/mol. The van der Waals surface area contributed by atoms with Crippen molar-refractivity contribution in [3.05, 3.63) is 70.0 Å². The number of hydrogen-bond donors (Lipinski definition) is 2. The fraction of sp³-hybridized carbons (Fsp3) is 0.273. The lowest BCUT2D eigenvalue weighted by Gasteiger charge is -2.38. The van der Waals surface area contributed by atoms with Crippen LogP contribution in [-0.2, 0) is 10.5 Å². The quantitative estimate of drug-likeness (QED) is 0.776. The number of phenolic OH excluding ortho intramolecular Hbond substituents is 1. The molecule has 2 aromatic rings. The maximum atomic E-state index is 13.3. The highest BCUT2D eigenvalue weighted by Gasteiger charge is 2.51. The third-order valence-corrected chi connectivity index (χ3v) is 6.53. The van der Waals surface area contributed by atoms with Crippen molar-refractivity contribution in [2.75, 3.05) is 12.4 Å². The first-order valence-corrected chi connectivity index (χ1v) is 10.4. The van der Waals surface area contributed by atoms with Gasteiger partial charge in [0, 0.05) is 17.9 Å². The van der Waals surface area contributed by atoms with Crippen LogP contribution in [0.3, 0.4) is 0 Å². The Bertz CT molecular complexity index is 1080. The standard InChI is InChI=1S/C22H19FN2O4S/c1-2-29-19-9-13(3-8-18(19)26)16-10-20(27)25-21(17(16)11-24)30-12-22(25,28)14-4-6-15(23)7-5-14/h3-9,16,26,28H,2,10,12H2,1H3/t16-,22+/m0/s1. The number of hydrogen-bond acceptors (Lipinski definition) is 6. The van der Waals surface area contributed by atoms with Crippen LogP contribution >= 0.6 is 11.8 Å². The number of carbonyl (C=O) groups excluding carboxylic acids is 1. The van der Waals surface area contributed by atoms with Crippen LogP contribution in [0.15, 0.2) is 53.1 Å². The Morgan fingerprint density at radius 2 is 2.07 bits per heavy atom. The number of amides is 1. The molecule has 0 aromatic heterocycles. The van der Waals surface area contributed by atoms with Crippen molar-refractivity contribution >= 4 is 17.7 Å². The summed E-state index contributed by atoms with van der Waals surface area (Å²) in [6.07, 6.45) is -0.0210. The summed E-state index contributed by atoms with van der Waals surface area (Å²) in [4.78, 5) is 14.4. The van der Waals surface area contributed by atoms with Gasteiger partial charge in [-0.25, -0.2) is 4.39 Å². The SMILES string of the molecule is CCOc1cc([C@@H]2CC(=O)N3C(=C2C#N)SC[C@@]3(O)c2ccc(F)cc2)ccc1O. The fourth-order valence-corrected chi connectivity index (χ4v) is 5.22. The number of halogens is 1. The summed E-state index contributed by atoms with van der Waals surface area (Å²) in [5.74, 6) is -0.889. The summed E-state index contributed by atoms with van der Waals surface area (Å²) >= 11 is 1.22. The number of phenols is 1. The van der Waals surface area contributed by atoms with Gasteiger partial charge in [-0.2, -0.15) is 5.26 Å². The predicted octanol–water partition coefficient (Wildman–Crippen LogP) is 3.57. The first-order chi connectivity index (χ1) is 14.4. The minimum Gasteiger partial charge on any atom is -0.504 e. The summed E-state index contributed by atoms with van der Waals surface area (Å²) in [7, 11) is 0. The van der Waals surface area contributed by atoms with Gasteiger partial charge in [-0.1, -0.05) is 18.2 Å². The number of benzene rings is 2. The van der Waals surface area contributed by atoms with Gasteiger partial charge in [0.1, 0.15) is 5.82 Å². The molecular formula is C22H19FN2O4S. The maximum Gasteiger partial charge on any atom is 0.231 e. The highest BCUT2D eigenvalue weighted by Crippen LogP contribution is 2.52. The summed E-state index contributed by atoms with van der Waals surface area (Å²) in [6, 6.07) is 12.3. The van der Waals surface area contributed by atoms with Gasteiger partial charge in [0.25, 0.3) is 0 Å². The topological polar surface area (TPSA) is 93.8 Å². The molecule has 1 amide bonds. The maximum absolute atomic E-state index is 13.3. The molecule has 0 spiro atoms. The number of nitrogens with zero attached hydrogens (tertiary/aromatic N) is 2. The second-order valence-electron chi connectivity index (χ2n) is 7.09. The molecule has 2 N–H and O–H groups in total. The van der Waals surface area contributed by atoms with Crippen molar-refractivity contribution < 1.29 is 24.1 Å². The van der Waals surface area contributed by atoms with Gasteiger partial charge in [0.05, 0.1) is 29.0 Å². The normalized spacial score (nSPS) is 23.3. The van der Waals surface area contributed by atoms with E-state index in [1.54, 1.807) is 19.1 Å². The van der Waals surface area contributed by atoms with Crippen LogP contribution in [-0.4, -0.2) is 33.4 Å². The minimum atomic E-state index is -1.65. The first kappa shape index (κ1) is 20.3. The Labute approximate surface area is 177 Å². The summed E-state index contributed by atoms with van der Waals surface area (Å²) in [5, 5.41) is 31.6. The Kier molecular flexibility index (Phi) is 5.18. The van der Waals surface area contributed by atoms with Crippen LogP contribution in [0.1, 0.15) is 30.4 Å². The van der Waals surface area contributed by atoms with Crippen LogP contribution in [0, 0.1) is 17.1 Å². The van der Waals surface area contributed by atoms with E-state index in [1.807, 2.05) is 0 Å². The molecule has 2 aliphatic rings. The zero-order chi connectivity index (χ0) is 21.5. The van der Waals surface area contributed by atoms with Gasteiger partial charge >= 0.3 is 0 Å². The average Bonchev–Trinajstić information content (AvgIpc) is 3.09. The Balaban J connectivity index is 1.78. The summed E-state index contributed by atoms with van der Waals surface area (Å²) < 4.78 is 18.8. The molecule has 0 aliphatic carbocycles. The lowest BCUT2D eigenvalue weighted by molar-refractivity contribution is -0.149. The Morgan fingerprint density at radius 3 is 2.73 bits per heavy atom. The van der Waals surface area contributed by atoms with Crippen molar-refractivity contribution in [2.45, 2.75) is 25.0 Å². The number of nitriles is 1. The highest BCUT2D eigenvalue weighted by molar-refractivity contribution is 8.03. The number of aromatic hydroxyl groups is 1. The molecule has 2 atom stereocenters. The van der Waals surface area contributed by atoms with E-state index in [0.717, 1.165) is 0 Å². The molecule has 0 radical (unpaired) electrons. The molecule has 30 heavy (non-hydrogen) atoms. The molecule has 4 rings (SSSR count). The molecular weight excluding hydrogens is 407 g/mol. The molecule has 1 fully saturated rings. The fourth-order valence-electron chi connectivity index (χ4n) is 3.86. The minimum absolute atomic E-state index is 0.0172. The molecule has 2 aliphatic heterocycles.